The van der Waals surface area contributed by atoms with Crippen molar-refractivity contribution in [1.29, 1.82) is 5.41 Å². The molecule has 0 aromatic carbocycles. The molecule has 0 aliphatic heterocycles. The van der Waals surface area contributed by atoms with E-state index in [1.165, 1.54) is 6.33 Å². The molecule has 0 aliphatic carbocycles. The van der Waals surface area contributed by atoms with Crippen LogP contribution in [0.2, 0.25) is 0 Å². The number of nitrogens with zero attached hydrogens (tertiary/aromatic N) is 1. The van der Waals surface area contributed by atoms with E-state index >= 15 is 0 Å². The summed E-state index contributed by atoms with van der Waals surface area (Å²) in [5.41, 5.74) is 25.3. The van der Waals surface area contributed by atoms with Gasteiger partial charge >= 0.3 is 23.9 Å². The number of guanidine groups is 1. The number of carboxylic acids is 4. The Labute approximate surface area is 188 Å². The van der Waals surface area contributed by atoms with E-state index in [-0.39, 0.29) is 25.5 Å². The lowest BCUT2D eigenvalue weighted by atomic mass is 10.2. The van der Waals surface area contributed by atoms with Crippen LogP contribution in [0.15, 0.2) is 12.5 Å². The van der Waals surface area contributed by atoms with Crippen molar-refractivity contribution >= 4 is 29.8 Å². The van der Waals surface area contributed by atoms with Crippen LogP contribution in [-0.4, -0.2) is 91.9 Å². The van der Waals surface area contributed by atoms with Crippen LogP contribution in [0.25, 0.3) is 0 Å². The van der Waals surface area contributed by atoms with Crippen molar-refractivity contribution in [2.45, 2.75) is 31.3 Å². The maximum Gasteiger partial charge on any atom is 0.320 e. The average Bonchev–Trinajstić information content (AvgIpc) is 3.25. The molecular weight excluding hydrogens is 446 g/mol. The molecular formula is C16H33N9O8. The van der Waals surface area contributed by atoms with Crippen LogP contribution >= 0.6 is 0 Å². The molecule has 1 rings (SSSR count). The Kier molecular flexibility index (Phi) is 22.0. The van der Waals surface area contributed by atoms with E-state index in [2.05, 4.69) is 26.8 Å². The van der Waals surface area contributed by atoms with Gasteiger partial charge in [0.05, 0.1) is 25.1 Å². The summed E-state index contributed by atoms with van der Waals surface area (Å²) in [4.78, 5) is 45.5. The van der Waals surface area contributed by atoms with E-state index in [9.17, 15) is 19.2 Å². The summed E-state index contributed by atoms with van der Waals surface area (Å²) in [6.45, 7) is -0.0731. The van der Waals surface area contributed by atoms with Crippen LogP contribution in [0, 0.1) is 5.41 Å². The third kappa shape index (κ3) is 28.2. The zero-order valence-electron chi connectivity index (χ0n) is 17.8. The summed E-state index contributed by atoms with van der Waals surface area (Å²) < 4.78 is 0. The molecule has 17 heteroatoms. The Morgan fingerprint density at radius 3 is 1.76 bits per heavy atom. The summed E-state index contributed by atoms with van der Waals surface area (Å²) >= 11 is 0. The number of carboxylic acid groups (broad SMARTS) is 4. The quantitative estimate of drug-likeness (QED) is 0.0865. The molecule has 17 nitrogen and oxygen atoms in total. The van der Waals surface area contributed by atoms with Crippen LogP contribution < -0.4 is 34.0 Å². The molecule has 0 bridgehead atoms. The van der Waals surface area contributed by atoms with E-state index in [1.54, 1.807) is 6.20 Å². The van der Waals surface area contributed by atoms with Gasteiger partial charge in [-0.05, 0) is 12.8 Å². The van der Waals surface area contributed by atoms with Gasteiger partial charge < -0.3 is 59.4 Å². The number of rotatable bonds is 10. The first-order chi connectivity index (χ1) is 15.3. The Bertz CT molecular complexity index is 686. The fourth-order valence-corrected chi connectivity index (χ4v) is 1.38. The van der Waals surface area contributed by atoms with E-state index < -0.39 is 36.0 Å². The van der Waals surface area contributed by atoms with Gasteiger partial charge in [-0.15, -0.1) is 0 Å². The Balaban J connectivity index is -0.000000393. The van der Waals surface area contributed by atoms with Gasteiger partial charge in [-0.1, -0.05) is 0 Å². The predicted octanol–water partition coefficient (Wildman–Crippen LogP) is -3.91. The van der Waals surface area contributed by atoms with Crippen LogP contribution in [0.5, 0.6) is 0 Å². The first-order valence-electron chi connectivity index (χ1n) is 9.14. The van der Waals surface area contributed by atoms with Crippen molar-refractivity contribution in [3.05, 3.63) is 18.2 Å². The molecule has 0 amide bonds. The Hall–Kier alpha value is -3.80. The van der Waals surface area contributed by atoms with Gasteiger partial charge in [0.2, 0.25) is 0 Å². The number of aromatic nitrogens is 2. The number of aliphatic carboxylic acids is 4. The lowest BCUT2D eigenvalue weighted by Gasteiger charge is -2.06. The fraction of sp³-hybridized carbons (Fsp3) is 0.500. The molecule has 0 unspecified atom stereocenters. The predicted molar refractivity (Wildman–Crippen MR) is 116 cm³/mol. The van der Waals surface area contributed by atoms with Gasteiger partial charge in [-0.3, -0.25) is 24.6 Å². The van der Waals surface area contributed by atoms with Crippen molar-refractivity contribution < 1.29 is 39.6 Å². The van der Waals surface area contributed by atoms with Crippen molar-refractivity contribution in [1.82, 2.24) is 15.3 Å². The molecule has 1 aromatic heterocycles. The van der Waals surface area contributed by atoms with Gasteiger partial charge in [0.15, 0.2) is 5.96 Å². The van der Waals surface area contributed by atoms with Crippen molar-refractivity contribution in [2.24, 2.45) is 28.7 Å². The highest BCUT2D eigenvalue weighted by Gasteiger charge is 2.12. The van der Waals surface area contributed by atoms with E-state index in [0.29, 0.717) is 25.1 Å². The first kappa shape index (κ1) is 33.8. The molecule has 0 fully saturated rings. The molecule has 0 saturated heterocycles. The molecule has 0 aliphatic rings. The maximum atomic E-state index is 10.3. The van der Waals surface area contributed by atoms with Crippen LogP contribution in [0.4, 0.5) is 0 Å². The van der Waals surface area contributed by atoms with Gasteiger partial charge in [-0.2, -0.15) is 0 Å². The van der Waals surface area contributed by atoms with Gasteiger partial charge in [0.1, 0.15) is 12.1 Å². The van der Waals surface area contributed by atoms with Crippen LogP contribution in [-0.2, 0) is 25.6 Å². The second kappa shape index (κ2) is 21.4. The molecule has 33 heavy (non-hydrogen) atoms. The first-order valence-corrected chi connectivity index (χ1v) is 9.14. The third-order valence-electron chi connectivity index (χ3n) is 2.97. The van der Waals surface area contributed by atoms with E-state index in [4.69, 9.17) is 43.0 Å². The zero-order valence-corrected chi connectivity index (χ0v) is 17.8. The Morgan fingerprint density at radius 1 is 1.00 bits per heavy atom. The Morgan fingerprint density at radius 2 is 1.45 bits per heavy atom. The molecule has 17 N–H and O–H groups in total. The van der Waals surface area contributed by atoms with Gasteiger partial charge in [0.25, 0.3) is 0 Å². The standard InChI is InChI=1S/C6H14N4O2.C6H9N3O2.2C2H5NO2/c7-4(5(11)12)2-1-3-10-6(8)9;7-5(6(10)11)1-4-2-8-3-9-4;2*3-1-2(4)5/h4H,1-3,7H2,(H,11,12)(H4,8,9,10);2-3,5H,1,7H2,(H,8,9)(H,10,11);2*1,3H2,(H,4,5)/t4-;5-;;/m00../s1. The average molecular weight is 479 g/mol. The maximum absolute atomic E-state index is 10.3. The summed E-state index contributed by atoms with van der Waals surface area (Å²) in [6, 6.07) is -1.68. The minimum atomic E-state index is -1.01. The molecule has 1 aromatic rings. The lowest BCUT2D eigenvalue weighted by molar-refractivity contribution is -0.139. The second-order valence-electron chi connectivity index (χ2n) is 5.83. The molecule has 1 heterocycles. The SMILES string of the molecule is N=C(N)NCCC[C@H](N)C(=O)O.NCC(=O)O.NCC(=O)O.N[C@@H](Cc1c[nH]cn1)C(=O)O. The monoisotopic (exact) mass is 479 g/mol. The van der Waals surface area contributed by atoms with E-state index in [1.807, 2.05) is 0 Å². The topological polar surface area (TPSA) is 344 Å². The summed E-state index contributed by atoms with van der Waals surface area (Å²) in [5.74, 6) is -4.06. The number of nitrogens with one attached hydrogen (secondary N) is 3. The second-order valence-corrected chi connectivity index (χ2v) is 5.83. The molecule has 0 saturated carbocycles. The smallest absolute Gasteiger partial charge is 0.320 e. The van der Waals surface area contributed by atoms with Crippen molar-refractivity contribution in [3.63, 3.8) is 0 Å². The van der Waals surface area contributed by atoms with E-state index in [0.717, 1.165) is 0 Å². The van der Waals surface area contributed by atoms with Gasteiger partial charge in [-0.25, -0.2) is 4.98 Å². The molecule has 190 valence electrons. The van der Waals surface area contributed by atoms with Gasteiger partial charge in [0, 0.05) is 19.2 Å². The van der Waals surface area contributed by atoms with Crippen molar-refractivity contribution in [2.75, 3.05) is 19.6 Å². The highest BCUT2D eigenvalue weighted by atomic mass is 16.4. The molecule has 0 spiro atoms. The van der Waals surface area contributed by atoms with Crippen LogP contribution in [0.3, 0.4) is 0 Å². The van der Waals surface area contributed by atoms with Crippen molar-refractivity contribution in [3.8, 4) is 0 Å². The highest BCUT2D eigenvalue weighted by Crippen LogP contribution is 1.95. The normalized spacial score (nSPS) is 10.9. The van der Waals surface area contributed by atoms with Crippen LogP contribution in [0.1, 0.15) is 18.5 Å². The summed E-state index contributed by atoms with van der Waals surface area (Å²) in [7, 11) is 0. The molecule has 2 atom stereocenters. The number of aromatic amines is 1. The molecule has 0 radical (unpaired) electrons. The zero-order chi connectivity index (χ0) is 26.4. The number of imidazole rings is 1. The minimum Gasteiger partial charge on any atom is -0.480 e. The summed E-state index contributed by atoms with van der Waals surface area (Å²) in [5, 5.41) is 41.3. The highest BCUT2D eigenvalue weighted by molar-refractivity contribution is 5.74. The fourth-order valence-electron chi connectivity index (χ4n) is 1.38. The third-order valence-corrected chi connectivity index (χ3v) is 2.97. The number of hydrogen-bond acceptors (Lipinski definition) is 10. The lowest BCUT2D eigenvalue weighted by Crippen LogP contribution is -2.34. The number of hydrogen-bond donors (Lipinski definition) is 12. The number of H-pyrrole nitrogens is 1. The number of nitrogens with two attached hydrogens (primary N) is 5. The summed E-state index contributed by atoms with van der Waals surface area (Å²) in [6.07, 6.45) is 4.36. The largest absolute Gasteiger partial charge is 0.480 e. The number of carbonyl (C=O) groups is 4. The minimum absolute atomic E-state index is 0.112.